The zero-order valence-corrected chi connectivity index (χ0v) is 13.8. The molecule has 0 aliphatic carbocycles. The molecule has 1 N–H and O–H groups in total. The number of H-pyrrole nitrogens is 1. The molecule has 0 aliphatic rings. The van der Waals surface area contributed by atoms with Gasteiger partial charge in [-0.25, -0.2) is 4.98 Å². The SMILES string of the molecule is COc1cc(C(=O)c2c[nH]c(-c3ccccc3)n2)cc(C=O)c1OC. The van der Waals surface area contributed by atoms with Crippen LogP contribution in [0.4, 0.5) is 0 Å². The molecule has 25 heavy (non-hydrogen) atoms. The van der Waals surface area contributed by atoms with Crippen molar-refractivity contribution in [2.75, 3.05) is 14.2 Å². The lowest BCUT2D eigenvalue weighted by Gasteiger charge is -2.11. The molecule has 0 aliphatic heterocycles. The Labute approximate surface area is 144 Å². The van der Waals surface area contributed by atoms with Crippen molar-refractivity contribution < 1.29 is 19.1 Å². The van der Waals surface area contributed by atoms with Crippen LogP contribution in [0.5, 0.6) is 11.5 Å². The monoisotopic (exact) mass is 336 g/mol. The molecular weight excluding hydrogens is 320 g/mol. The summed E-state index contributed by atoms with van der Waals surface area (Å²) < 4.78 is 10.4. The van der Waals surface area contributed by atoms with Gasteiger partial charge in [0, 0.05) is 17.3 Å². The molecule has 6 heteroatoms. The first-order chi connectivity index (χ1) is 12.2. The van der Waals surface area contributed by atoms with Gasteiger partial charge in [-0.3, -0.25) is 9.59 Å². The molecule has 0 unspecified atom stereocenters. The summed E-state index contributed by atoms with van der Waals surface area (Å²) in [4.78, 5) is 31.4. The van der Waals surface area contributed by atoms with Gasteiger partial charge in [0.1, 0.15) is 11.5 Å². The quantitative estimate of drug-likeness (QED) is 0.552. The largest absolute Gasteiger partial charge is 0.493 e. The van der Waals surface area contributed by atoms with Gasteiger partial charge in [0.15, 0.2) is 17.8 Å². The number of nitrogens with one attached hydrogen (secondary N) is 1. The Balaban J connectivity index is 1.99. The summed E-state index contributed by atoms with van der Waals surface area (Å²) in [5.41, 5.74) is 1.67. The maximum absolute atomic E-state index is 12.7. The molecule has 3 rings (SSSR count). The number of ketones is 1. The maximum atomic E-state index is 12.7. The minimum atomic E-state index is -0.317. The third kappa shape index (κ3) is 3.14. The standard InChI is InChI=1S/C19H16N2O4/c1-24-16-9-13(8-14(11-22)18(16)25-2)17(23)15-10-20-19(21-15)12-6-4-3-5-7-12/h3-11H,1-2H3,(H,20,21). The van der Waals surface area contributed by atoms with Crippen LogP contribution in [0, 0.1) is 0 Å². The van der Waals surface area contributed by atoms with E-state index in [4.69, 9.17) is 9.47 Å². The number of methoxy groups -OCH3 is 2. The lowest BCUT2D eigenvalue weighted by atomic mass is 10.0. The summed E-state index contributed by atoms with van der Waals surface area (Å²) in [6, 6.07) is 12.5. The van der Waals surface area contributed by atoms with Gasteiger partial charge < -0.3 is 14.5 Å². The van der Waals surface area contributed by atoms with Crippen LogP contribution in [-0.2, 0) is 0 Å². The van der Waals surface area contributed by atoms with E-state index < -0.39 is 0 Å². The molecule has 0 saturated carbocycles. The second-order valence-electron chi connectivity index (χ2n) is 5.25. The number of hydrogen-bond donors (Lipinski definition) is 1. The number of imidazole rings is 1. The van der Waals surface area contributed by atoms with Gasteiger partial charge >= 0.3 is 0 Å². The van der Waals surface area contributed by atoms with Crippen LogP contribution >= 0.6 is 0 Å². The van der Waals surface area contributed by atoms with E-state index >= 15 is 0 Å². The Hall–Kier alpha value is -3.41. The first-order valence-corrected chi connectivity index (χ1v) is 7.54. The van der Waals surface area contributed by atoms with Crippen LogP contribution in [0.25, 0.3) is 11.4 Å². The third-order valence-corrected chi connectivity index (χ3v) is 3.75. The maximum Gasteiger partial charge on any atom is 0.213 e. The van der Waals surface area contributed by atoms with E-state index in [9.17, 15) is 9.59 Å². The fraction of sp³-hybridized carbons (Fsp3) is 0.105. The zero-order valence-electron chi connectivity index (χ0n) is 13.8. The van der Waals surface area contributed by atoms with Crippen molar-refractivity contribution in [3.05, 3.63) is 65.5 Å². The summed E-state index contributed by atoms with van der Waals surface area (Å²) in [6.45, 7) is 0. The predicted octanol–water partition coefficient (Wildman–Crippen LogP) is 3.14. The van der Waals surface area contributed by atoms with Gasteiger partial charge in [0.25, 0.3) is 0 Å². The molecule has 2 aromatic carbocycles. The lowest BCUT2D eigenvalue weighted by molar-refractivity contribution is 0.103. The molecule has 0 saturated heterocycles. The highest BCUT2D eigenvalue weighted by molar-refractivity contribution is 6.09. The number of carbonyl (C=O) groups is 2. The van der Waals surface area contributed by atoms with Crippen molar-refractivity contribution in [1.82, 2.24) is 9.97 Å². The van der Waals surface area contributed by atoms with Crippen LogP contribution in [-0.4, -0.2) is 36.3 Å². The Kier molecular flexibility index (Phi) is 4.61. The highest BCUT2D eigenvalue weighted by Crippen LogP contribution is 2.32. The topological polar surface area (TPSA) is 81.3 Å². The van der Waals surface area contributed by atoms with Crippen LogP contribution in [0.3, 0.4) is 0 Å². The number of nitrogens with zero attached hydrogens (tertiary/aromatic N) is 1. The molecule has 0 bridgehead atoms. The van der Waals surface area contributed by atoms with E-state index in [1.807, 2.05) is 30.3 Å². The number of aldehydes is 1. The Morgan fingerprint density at radius 2 is 1.88 bits per heavy atom. The number of rotatable bonds is 6. The van der Waals surface area contributed by atoms with E-state index in [-0.39, 0.29) is 17.0 Å². The van der Waals surface area contributed by atoms with E-state index in [1.165, 1.54) is 26.4 Å². The highest BCUT2D eigenvalue weighted by Gasteiger charge is 2.19. The number of carbonyl (C=O) groups excluding carboxylic acids is 2. The van der Waals surface area contributed by atoms with E-state index in [0.717, 1.165) is 5.56 Å². The summed E-state index contributed by atoms with van der Waals surface area (Å²) in [5, 5.41) is 0. The van der Waals surface area contributed by atoms with Crippen molar-refractivity contribution in [3.63, 3.8) is 0 Å². The minimum absolute atomic E-state index is 0.240. The molecule has 0 spiro atoms. The molecule has 0 radical (unpaired) electrons. The van der Waals surface area contributed by atoms with Gasteiger partial charge in [-0.05, 0) is 12.1 Å². The van der Waals surface area contributed by atoms with Gasteiger partial charge in [-0.15, -0.1) is 0 Å². The van der Waals surface area contributed by atoms with E-state index in [1.54, 1.807) is 6.20 Å². The molecule has 0 amide bonds. The number of hydrogen-bond acceptors (Lipinski definition) is 5. The van der Waals surface area contributed by atoms with Crippen molar-refractivity contribution in [2.45, 2.75) is 0 Å². The van der Waals surface area contributed by atoms with Crippen molar-refractivity contribution >= 4 is 12.1 Å². The zero-order chi connectivity index (χ0) is 17.8. The van der Waals surface area contributed by atoms with Gasteiger partial charge in [-0.1, -0.05) is 30.3 Å². The molecule has 1 heterocycles. The molecule has 126 valence electrons. The van der Waals surface area contributed by atoms with Crippen LogP contribution in [0.15, 0.2) is 48.7 Å². The Morgan fingerprint density at radius 3 is 2.52 bits per heavy atom. The normalized spacial score (nSPS) is 10.3. The summed E-state index contributed by atoms with van der Waals surface area (Å²) in [7, 11) is 2.88. The number of aromatic amines is 1. The van der Waals surface area contributed by atoms with E-state index in [0.29, 0.717) is 29.2 Å². The average Bonchev–Trinajstić information content (AvgIpc) is 3.17. The lowest BCUT2D eigenvalue weighted by Crippen LogP contribution is -2.05. The summed E-state index contributed by atoms with van der Waals surface area (Å²) >= 11 is 0. The van der Waals surface area contributed by atoms with Gasteiger partial charge in [0.2, 0.25) is 5.78 Å². The first kappa shape index (κ1) is 16.4. The molecule has 3 aromatic rings. The summed E-state index contributed by atoms with van der Waals surface area (Å²) in [6.07, 6.45) is 2.17. The fourth-order valence-electron chi connectivity index (χ4n) is 2.54. The molecule has 6 nitrogen and oxygen atoms in total. The number of aromatic nitrogens is 2. The average molecular weight is 336 g/mol. The Bertz CT molecular complexity index is 916. The van der Waals surface area contributed by atoms with Crippen LogP contribution in [0.2, 0.25) is 0 Å². The third-order valence-electron chi connectivity index (χ3n) is 3.75. The Morgan fingerprint density at radius 1 is 1.12 bits per heavy atom. The molecule has 0 atom stereocenters. The van der Waals surface area contributed by atoms with Gasteiger partial charge in [0.05, 0.1) is 19.8 Å². The molecule has 1 aromatic heterocycles. The van der Waals surface area contributed by atoms with Gasteiger partial charge in [-0.2, -0.15) is 0 Å². The first-order valence-electron chi connectivity index (χ1n) is 7.54. The van der Waals surface area contributed by atoms with Crippen molar-refractivity contribution in [3.8, 4) is 22.9 Å². The smallest absolute Gasteiger partial charge is 0.213 e. The van der Waals surface area contributed by atoms with Crippen molar-refractivity contribution in [1.29, 1.82) is 0 Å². The van der Waals surface area contributed by atoms with Crippen molar-refractivity contribution in [2.24, 2.45) is 0 Å². The number of ether oxygens (including phenoxy) is 2. The fourth-order valence-corrected chi connectivity index (χ4v) is 2.54. The molecule has 0 fully saturated rings. The van der Waals surface area contributed by atoms with Crippen LogP contribution < -0.4 is 9.47 Å². The van der Waals surface area contributed by atoms with E-state index in [2.05, 4.69) is 9.97 Å². The second-order valence-corrected chi connectivity index (χ2v) is 5.25. The highest BCUT2D eigenvalue weighted by atomic mass is 16.5. The van der Waals surface area contributed by atoms with Crippen LogP contribution in [0.1, 0.15) is 26.4 Å². The second kappa shape index (κ2) is 7.00. The minimum Gasteiger partial charge on any atom is -0.493 e. The summed E-state index contributed by atoms with van der Waals surface area (Å²) in [5.74, 6) is 0.887. The number of benzene rings is 2. The predicted molar refractivity (Wildman–Crippen MR) is 92.4 cm³/mol. The molecular formula is C19H16N2O4.